The van der Waals surface area contributed by atoms with E-state index in [1.54, 1.807) is 13.0 Å². The standard InChI is InChI=1S/C17H19F2N3O3S/c1-11-8-17(21-12(2)20-11)25-14-4-3-7-22(10-14)26(23,24)16-6-5-13(18)9-15(16)19/h5-6,8-9,14H,3-4,7,10H2,1-2H3. The van der Waals surface area contributed by atoms with E-state index in [0.29, 0.717) is 30.6 Å². The number of aromatic nitrogens is 2. The molecule has 26 heavy (non-hydrogen) atoms. The van der Waals surface area contributed by atoms with Gasteiger partial charge in [-0.05, 0) is 38.8 Å². The number of sulfonamides is 1. The molecule has 2 aromatic rings. The normalized spacial score (nSPS) is 18.7. The molecule has 9 heteroatoms. The van der Waals surface area contributed by atoms with Crippen LogP contribution in [0.1, 0.15) is 24.4 Å². The highest BCUT2D eigenvalue weighted by atomic mass is 32.2. The van der Waals surface area contributed by atoms with Gasteiger partial charge in [-0.1, -0.05) is 0 Å². The largest absolute Gasteiger partial charge is 0.473 e. The van der Waals surface area contributed by atoms with E-state index in [4.69, 9.17) is 4.74 Å². The Bertz CT molecular complexity index is 901. The molecule has 0 saturated carbocycles. The van der Waals surface area contributed by atoms with Crippen LogP contribution in [0.3, 0.4) is 0 Å². The molecule has 3 rings (SSSR count). The number of rotatable bonds is 4. The third kappa shape index (κ3) is 3.99. The molecule has 0 N–H and O–H groups in total. The van der Waals surface area contributed by atoms with Crippen molar-refractivity contribution in [3.05, 3.63) is 47.4 Å². The van der Waals surface area contributed by atoms with Gasteiger partial charge in [0.2, 0.25) is 15.9 Å². The minimum absolute atomic E-state index is 0.0707. The molecule has 1 aromatic carbocycles. The molecule has 140 valence electrons. The first-order chi connectivity index (χ1) is 12.3. The molecule has 0 amide bonds. The van der Waals surface area contributed by atoms with Gasteiger partial charge in [0.25, 0.3) is 0 Å². The summed E-state index contributed by atoms with van der Waals surface area (Å²) in [7, 11) is -4.07. The Morgan fingerprint density at radius 3 is 2.65 bits per heavy atom. The van der Waals surface area contributed by atoms with Crippen molar-refractivity contribution in [2.45, 2.75) is 37.7 Å². The lowest BCUT2D eigenvalue weighted by Crippen LogP contribution is -2.44. The fourth-order valence-electron chi connectivity index (χ4n) is 2.96. The van der Waals surface area contributed by atoms with Gasteiger partial charge in [0, 0.05) is 24.4 Å². The number of aryl methyl sites for hydroxylation is 2. The molecule has 6 nitrogen and oxygen atoms in total. The molecule has 2 heterocycles. The van der Waals surface area contributed by atoms with E-state index >= 15 is 0 Å². The van der Waals surface area contributed by atoms with E-state index in [-0.39, 0.29) is 13.1 Å². The first-order valence-electron chi connectivity index (χ1n) is 8.20. The smallest absolute Gasteiger partial charge is 0.246 e. The second-order valence-electron chi connectivity index (χ2n) is 6.21. The molecule has 0 radical (unpaired) electrons. The molecule has 1 fully saturated rings. The summed E-state index contributed by atoms with van der Waals surface area (Å²) >= 11 is 0. The third-order valence-electron chi connectivity index (χ3n) is 4.08. The maximum Gasteiger partial charge on any atom is 0.246 e. The van der Waals surface area contributed by atoms with Crippen LogP contribution < -0.4 is 4.74 Å². The van der Waals surface area contributed by atoms with Crippen LogP contribution in [0.2, 0.25) is 0 Å². The van der Waals surface area contributed by atoms with E-state index in [0.717, 1.165) is 17.8 Å². The van der Waals surface area contributed by atoms with E-state index in [1.807, 2.05) is 6.92 Å². The third-order valence-corrected chi connectivity index (χ3v) is 5.98. The zero-order chi connectivity index (χ0) is 18.9. The summed E-state index contributed by atoms with van der Waals surface area (Å²) in [4.78, 5) is 7.83. The summed E-state index contributed by atoms with van der Waals surface area (Å²) in [6, 6.07) is 4.12. The number of nitrogens with zero attached hydrogens (tertiary/aromatic N) is 3. The Balaban J connectivity index is 1.79. The quantitative estimate of drug-likeness (QED) is 0.812. The van der Waals surface area contributed by atoms with Gasteiger partial charge < -0.3 is 4.74 Å². The van der Waals surface area contributed by atoms with Gasteiger partial charge in [-0.15, -0.1) is 0 Å². The summed E-state index contributed by atoms with van der Waals surface area (Å²) < 4.78 is 59.4. The highest BCUT2D eigenvalue weighted by Crippen LogP contribution is 2.25. The summed E-state index contributed by atoms with van der Waals surface area (Å²) in [5.74, 6) is -0.980. The van der Waals surface area contributed by atoms with Crippen LogP contribution in [0.15, 0.2) is 29.2 Å². The summed E-state index contributed by atoms with van der Waals surface area (Å²) in [5.41, 5.74) is 0.751. The molecule has 0 bridgehead atoms. The van der Waals surface area contributed by atoms with Gasteiger partial charge >= 0.3 is 0 Å². The molecule has 1 atom stereocenters. The molecule has 1 aliphatic heterocycles. The Morgan fingerprint density at radius 2 is 1.96 bits per heavy atom. The number of piperidine rings is 1. The summed E-state index contributed by atoms with van der Waals surface area (Å²) in [6.07, 6.45) is 0.811. The first kappa shape index (κ1) is 18.7. The Kier molecular flexibility index (Phi) is 5.19. The number of ether oxygens (including phenoxy) is 1. The monoisotopic (exact) mass is 383 g/mol. The van der Waals surface area contributed by atoms with Crippen molar-refractivity contribution in [2.24, 2.45) is 0 Å². The van der Waals surface area contributed by atoms with Gasteiger partial charge in [0.15, 0.2) is 0 Å². The van der Waals surface area contributed by atoms with Crippen LogP contribution in [0.4, 0.5) is 8.78 Å². The Hall–Kier alpha value is -2.13. The minimum Gasteiger partial charge on any atom is -0.473 e. The van der Waals surface area contributed by atoms with Gasteiger partial charge in [0.05, 0.1) is 6.54 Å². The molecular formula is C17H19F2N3O3S. The minimum atomic E-state index is -4.07. The van der Waals surface area contributed by atoms with Crippen LogP contribution in [0.5, 0.6) is 5.88 Å². The van der Waals surface area contributed by atoms with Crippen LogP contribution in [0, 0.1) is 25.5 Å². The highest BCUT2D eigenvalue weighted by Gasteiger charge is 2.33. The molecule has 0 aliphatic carbocycles. The van der Waals surface area contributed by atoms with Gasteiger partial charge in [-0.2, -0.15) is 9.29 Å². The van der Waals surface area contributed by atoms with E-state index in [2.05, 4.69) is 9.97 Å². The zero-order valence-corrected chi connectivity index (χ0v) is 15.3. The summed E-state index contributed by atoms with van der Waals surface area (Å²) in [5, 5.41) is 0. The van der Waals surface area contributed by atoms with Gasteiger partial charge in [-0.25, -0.2) is 22.2 Å². The number of hydrogen-bond donors (Lipinski definition) is 0. The van der Waals surface area contributed by atoms with Gasteiger partial charge in [0.1, 0.15) is 28.5 Å². The van der Waals surface area contributed by atoms with Crippen molar-refractivity contribution >= 4 is 10.0 Å². The molecule has 1 aliphatic rings. The predicted molar refractivity (Wildman–Crippen MR) is 90.3 cm³/mol. The summed E-state index contributed by atoms with van der Waals surface area (Å²) in [6.45, 7) is 3.88. The lowest BCUT2D eigenvalue weighted by molar-refractivity contribution is 0.124. The average molecular weight is 383 g/mol. The second kappa shape index (κ2) is 7.24. The Labute approximate surface area is 150 Å². The van der Waals surface area contributed by atoms with E-state index in [1.165, 1.54) is 4.31 Å². The average Bonchev–Trinajstić information content (AvgIpc) is 2.53. The lowest BCUT2D eigenvalue weighted by atomic mass is 10.1. The lowest BCUT2D eigenvalue weighted by Gasteiger charge is -2.32. The Morgan fingerprint density at radius 1 is 1.19 bits per heavy atom. The van der Waals surface area contributed by atoms with Crippen LogP contribution >= 0.6 is 0 Å². The fraction of sp³-hybridized carbons (Fsp3) is 0.412. The van der Waals surface area contributed by atoms with E-state index < -0.39 is 32.7 Å². The molecular weight excluding hydrogens is 364 g/mol. The number of hydrogen-bond acceptors (Lipinski definition) is 5. The fourth-order valence-corrected chi connectivity index (χ4v) is 4.51. The van der Waals surface area contributed by atoms with Crippen molar-refractivity contribution < 1.29 is 21.9 Å². The van der Waals surface area contributed by atoms with Crippen molar-refractivity contribution in [2.75, 3.05) is 13.1 Å². The second-order valence-corrected chi connectivity index (χ2v) is 8.12. The van der Waals surface area contributed by atoms with Gasteiger partial charge in [-0.3, -0.25) is 0 Å². The van der Waals surface area contributed by atoms with Crippen LogP contribution in [-0.2, 0) is 10.0 Å². The van der Waals surface area contributed by atoms with Crippen molar-refractivity contribution in [1.82, 2.24) is 14.3 Å². The maximum atomic E-state index is 13.9. The van der Waals surface area contributed by atoms with Crippen molar-refractivity contribution in [3.8, 4) is 5.88 Å². The molecule has 1 saturated heterocycles. The molecule has 1 aromatic heterocycles. The maximum absolute atomic E-state index is 13.9. The van der Waals surface area contributed by atoms with Crippen LogP contribution in [0.25, 0.3) is 0 Å². The van der Waals surface area contributed by atoms with E-state index in [9.17, 15) is 17.2 Å². The molecule has 0 spiro atoms. The van der Waals surface area contributed by atoms with Crippen molar-refractivity contribution in [1.29, 1.82) is 0 Å². The topological polar surface area (TPSA) is 72.4 Å². The van der Waals surface area contributed by atoms with Crippen molar-refractivity contribution in [3.63, 3.8) is 0 Å². The zero-order valence-electron chi connectivity index (χ0n) is 14.4. The highest BCUT2D eigenvalue weighted by molar-refractivity contribution is 7.89. The number of benzene rings is 1. The predicted octanol–water partition coefficient (Wildman–Crippen LogP) is 2.60. The van der Waals surface area contributed by atoms with Crippen LogP contribution in [-0.4, -0.2) is 41.9 Å². The first-order valence-corrected chi connectivity index (χ1v) is 9.64. The SMILES string of the molecule is Cc1cc(OC2CCCN(S(=O)(=O)c3ccc(F)cc3F)C2)nc(C)n1. The molecule has 1 unspecified atom stereocenters. The number of halogens is 2.